The monoisotopic (exact) mass is 787 g/mol. The first-order valence-corrected chi connectivity index (χ1v) is 17.3. The third-order valence-electron chi connectivity index (χ3n) is 8.79. The van der Waals surface area contributed by atoms with Gasteiger partial charge >= 0.3 is 6.18 Å². The molecule has 1 saturated carbocycles. The molecule has 5 rings (SSSR count). The molecule has 19 heteroatoms. The summed E-state index contributed by atoms with van der Waals surface area (Å²) in [5.41, 5.74) is -3.29. The van der Waals surface area contributed by atoms with E-state index in [1.165, 1.54) is 11.1 Å². The maximum atomic E-state index is 15.3. The fourth-order valence-corrected chi connectivity index (χ4v) is 8.63. The number of aliphatic hydroxyl groups is 1. The maximum absolute atomic E-state index is 15.3. The summed E-state index contributed by atoms with van der Waals surface area (Å²) in [5.74, 6) is -2.13. The van der Waals surface area contributed by atoms with Crippen molar-refractivity contribution in [3.05, 3.63) is 51.5 Å². The normalized spacial score (nSPS) is 23.3. The summed E-state index contributed by atoms with van der Waals surface area (Å²) in [5, 5.41) is 21.7. The van der Waals surface area contributed by atoms with Crippen molar-refractivity contribution in [3.63, 3.8) is 0 Å². The van der Waals surface area contributed by atoms with Crippen molar-refractivity contribution in [2.75, 3.05) is 26.2 Å². The lowest BCUT2D eigenvalue weighted by Gasteiger charge is -2.50. The van der Waals surface area contributed by atoms with E-state index in [-0.39, 0.29) is 29.0 Å². The molecule has 2 aromatic rings. The summed E-state index contributed by atoms with van der Waals surface area (Å²) < 4.78 is 114. The highest BCUT2D eigenvalue weighted by molar-refractivity contribution is 9.10. The molecular weight excluding hydrogens is 760 g/mol. The first kappa shape index (κ1) is 36.6. The number of benzene rings is 1. The number of carbonyl (C=O) groups is 1. The number of nitrogens with zero attached hydrogens (tertiary/aromatic N) is 4. The maximum Gasteiger partial charge on any atom is 0.425 e. The molecule has 1 aromatic carbocycles. The number of likely N-dealkylation sites (tertiary alicyclic amines) is 2. The van der Waals surface area contributed by atoms with Gasteiger partial charge in [-0.1, -0.05) is 11.6 Å². The summed E-state index contributed by atoms with van der Waals surface area (Å²) in [4.78, 5) is 20.3. The first-order valence-electron chi connectivity index (χ1n) is 14.6. The molecule has 0 radical (unpaired) electrons. The van der Waals surface area contributed by atoms with Gasteiger partial charge in [0, 0.05) is 36.4 Å². The van der Waals surface area contributed by atoms with Crippen LogP contribution in [0, 0.1) is 17.1 Å². The zero-order valence-corrected chi connectivity index (χ0v) is 28.2. The Kier molecular flexibility index (Phi) is 10.1. The highest BCUT2D eigenvalue weighted by Gasteiger charge is 2.59. The van der Waals surface area contributed by atoms with Gasteiger partial charge < -0.3 is 14.7 Å². The van der Waals surface area contributed by atoms with Crippen LogP contribution in [-0.2, 0) is 20.0 Å². The number of carbonyl (C=O) groups excluding carboxylic acids is 1. The minimum atomic E-state index is -4.70. The molecule has 1 unspecified atom stereocenters. The molecule has 2 N–H and O–H groups in total. The van der Waals surface area contributed by atoms with Crippen LogP contribution in [0.25, 0.3) is 0 Å². The molecule has 2 saturated heterocycles. The van der Waals surface area contributed by atoms with Crippen LogP contribution in [0.2, 0.25) is 5.02 Å². The summed E-state index contributed by atoms with van der Waals surface area (Å²) in [6.07, 6.45) is -9.73. The second-order valence-electron chi connectivity index (χ2n) is 12.2. The molecule has 0 spiro atoms. The van der Waals surface area contributed by atoms with Crippen molar-refractivity contribution in [2.45, 2.75) is 78.3 Å². The minimum absolute atomic E-state index is 0.243. The first-order chi connectivity index (χ1) is 22.3. The second kappa shape index (κ2) is 13.2. The van der Waals surface area contributed by atoms with Crippen LogP contribution in [0.1, 0.15) is 31.9 Å². The predicted octanol–water partition coefficient (Wildman–Crippen LogP) is 4.19. The van der Waals surface area contributed by atoms with Crippen LogP contribution in [0.4, 0.5) is 26.3 Å². The van der Waals surface area contributed by atoms with Crippen molar-refractivity contribution in [1.29, 1.82) is 5.26 Å². The van der Waals surface area contributed by atoms with Crippen LogP contribution in [0.3, 0.4) is 0 Å². The lowest BCUT2D eigenvalue weighted by atomic mass is 9.74. The van der Waals surface area contributed by atoms with Crippen molar-refractivity contribution in [3.8, 4) is 11.8 Å². The van der Waals surface area contributed by atoms with Crippen molar-refractivity contribution in [1.82, 2.24) is 20.1 Å². The average molecular weight is 789 g/mol. The minimum Gasteiger partial charge on any atom is -0.481 e. The summed E-state index contributed by atoms with van der Waals surface area (Å²) in [7, 11) is -4.46. The van der Waals surface area contributed by atoms with Crippen molar-refractivity contribution >= 4 is 43.3 Å². The smallest absolute Gasteiger partial charge is 0.425 e. The van der Waals surface area contributed by atoms with Gasteiger partial charge in [-0.25, -0.2) is 21.6 Å². The Morgan fingerprint density at radius 3 is 2.50 bits per heavy atom. The van der Waals surface area contributed by atoms with E-state index in [1.807, 2.05) is 6.07 Å². The van der Waals surface area contributed by atoms with E-state index in [0.717, 1.165) is 36.1 Å². The van der Waals surface area contributed by atoms with Crippen molar-refractivity contribution < 1.29 is 49.4 Å². The molecule has 1 amide bonds. The molecule has 262 valence electrons. The van der Waals surface area contributed by atoms with Gasteiger partial charge in [0.1, 0.15) is 28.7 Å². The van der Waals surface area contributed by atoms with Crippen LogP contribution in [-0.4, -0.2) is 102 Å². The molecule has 0 bridgehead atoms. The molecule has 4 atom stereocenters. The lowest BCUT2D eigenvalue weighted by Crippen LogP contribution is -2.69. The van der Waals surface area contributed by atoms with E-state index in [0.29, 0.717) is 12.8 Å². The number of rotatable bonds is 11. The van der Waals surface area contributed by atoms with E-state index >= 15 is 4.39 Å². The summed E-state index contributed by atoms with van der Waals surface area (Å²) >= 11 is 9.33. The van der Waals surface area contributed by atoms with Crippen LogP contribution in [0.15, 0.2) is 39.8 Å². The van der Waals surface area contributed by atoms with Crippen molar-refractivity contribution in [2.24, 2.45) is 0 Å². The number of aliphatic hydroxyl groups excluding tert-OH is 1. The fourth-order valence-electron chi connectivity index (χ4n) is 6.08. The number of amides is 1. The Bertz CT molecular complexity index is 1720. The molecule has 3 fully saturated rings. The van der Waals surface area contributed by atoms with E-state index in [2.05, 4.69) is 26.2 Å². The molecule has 1 aromatic heterocycles. The number of aromatic nitrogens is 1. The Morgan fingerprint density at radius 2 is 1.96 bits per heavy atom. The number of halogens is 8. The Morgan fingerprint density at radius 1 is 1.29 bits per heavy atom. The van der Waals surface area contributed by atoms with Gasteiger partial charge in [0.15, 0.2) is 15.9 Å². The van der Waals surface area contributed by atoms with Crippen LogP contribution >= 0.6 is 27.5 Å². The van der Waals surface area contributed by atoms with Gasteiger partial charge in [-0.05, 0) is 60.3 Å². The standard InChI is InChI=1S/C29H29BrClF6N5O5S/c1-15(29(35,36)37)47-17-2-3-22(19(31)7-17)48(45,46)18-8-21(25(43)40-27(12-38)4-5-27)42(10-18)26(44)28(13-41(14-28)11-23(33)34)24-20(32)6-16(30)9-39-24/h2-3,6-7,9,15,18,21,23,25,40,43H,4-5,8,10-11,13-14H2,1H3/t15-,18+,21-,25?/m0/s1. The highest BCUT2D eigenvalue weighted by atomic mass is 79.9. The van der Waals surface area contributed by atoms with Gasteiger partial charge in [-0.2, -0.15) is 18.4 Å². The van der Waals surface area contributed by atoms with Gasteiger partial charge in [-0.15, -0.1) is 0 Å². The van der Waals surface area contributed by atoms with E-state index < -0.39 is 98.2 Å². The highest BCUT2D eigenvalue weighted by Crippen LogP contribution is 2.43. The third-order valence-corrected chi connectivity index (χ3v) is 11.8. The zero-order chi connectivity index (χ0) is 35.4. The zero-order valence-electron chi connectivity index (χ0n) is 25.0. The lowest BCUT2D eigenvalue weighted by molar-refractivity contribution is -0.189. The topological polar surface area (TPSA) is 136 Å². The molecule has 3 aliphatic rings. The average Bonchev–Trinajstić information content (AvgIpc) is 3.58. The summed E-state index contributed by atoms with van der Waals surface area (Å²) in [6.45, 7) is -1.27. The van der Waals surface area contributed by atoms with Gasteiger partial charge in [0.2, 0.25) is 5.91 Å². The third kappa shape index (κ3) is 7.13. The Labute approximate surface area is 285 Å². The molecule has 3 heterocycles. The van der Waals surface area contributed by atoms with Gasteiger partial charge in [-0.3, -0.25) is 20.0 Å². The quantitative estimate of drug-likeness (QED) is 0.254. The number of nitriles is 1. The molecule has 48 heavy (non-hydrogen) atoms. The summed E-state index contributed by atoms with van der Waals surface area (Å²) in [6, 6.07) is 4.67. The molecule has 1 aliphatic carbocycles. The number of hydrogen-bond donors (Lipinski definition) is 2. The van der Waals surface area contributed by atoms with Crippen LogP contribution in [0.5, 0.6) is 5.75 Å². The Hall–Kier alpha value is -2.69. The Balaban J connectivity index is 1.49. The molecule has 2 aliphatic heterocycles. The second-order valence-corrected chi connectivity index (χ2v) is 15.8. The number of nitrogens with one attached hydrogen (secondary N) is 1. The number of alkyl halides is 5. The van der Waals surface area contributed by atoms with Crippen LogP contribution < -0.4 is 10.1 Å². The fraction of sp³-hybridized carbons (Fsp3) is 0.552. The predicted molar refractivity (Wildman–Crippen MR) is 161 cm³/mol. The number of sulfone groups is 1. The van der Waals surface area contributed by atoms with Gasteiger partial charge in [0.25, 0.3) is 6.43 Å². The number of pyridine rings is 1. The molecule has 10 nitrogen and oxygen atoms in total. The largest absolute Gasteiger partial charge is 0.481 e. The number of ether oxygens (including phenoxy) is 1. The SMILES string of the molecule is C[C@H](Oc1ccc(S(=O)(=O)[C@@H]2C[C@@H](C(O)NC3(C#N)CC3)N(C(=O)C3(c4ncc(Br)cc4F)CN(CC(F)F)C3)C2)c(Cl)c1)C(F)(F)F. The van der Waals surface area contributed by atoms with E-state index in [4.69, 9.17) is 16.3 Å². The van der Waals surface area contributed by atoms with E-state index in [9.17, 15) is 45.5 Å². The van der Waals surface area contributed by atoms with E-state index in [1.54, 1.807) is 0 Å². The number of hydrogen-bond acceptors (Lipinski definition) is 9. The molecular formula is C29H29BrClF6N5O5S. The van der Waals surface area contributed by atoms with Gasteiger partial charge in [0.05, 0.1) is 39.5 Å².